The maximum atomic E-state index is 5.71. The van der Waals surface area contributed by atoms with Gasteiger partial charge in [-0.3, -0.25) is 4.68 Å². The van der Waals surface area contributed by atoms with Crippen molar-refractivity contribution < 1.29 is 4.74 Å². The Hall–Kier alpha value is -2.82. The predicted molar refractivity (Wildman–Crippen MR) is 86.2 cm³/mol. The molecule has 1 aromatic carbocycles. The highest BCUT2D eigenvalue weighted by molar-refractivity contribution is 5.51. The van der Waals surface area contributed by atoms with Crippen LogP contribution in [0.3, 0.4) is 0 Å². The fraction of sp³-hybridized carbons (Fsp3) is 0.176. The molecule has 3 aromatic rings. The lowest BCUT2D eigenvalue weighted by atomic mass is 10.2. The van der Waals surface area contributed by atoms with E-state index in [0.29, 0.717) is 6.61 Å². The number of aryl methyl sites for hydroxylation is 1. The standard InChI is InChI=1S/C17H18N4O/c1-2-21-11-10-17(20-21)19-16-9-8-15(12-18-16)22-13-14-6-4-3-5-7-14/h3-12H,2,13H2,1H3,(H,18,19,20). The summed E-state index contributed by atoms with van der Waals surface area (Å²) in [6.07, 6.45) is 3.64. The summed E-state index contributed by atoms with van der Waals surface area (Å²) in [7, 11) is 0. The van der Waals surface area contributed by atoms with E-state index < -0.39 is 0 Å². The summed E-state index contributed by atoms with van der Waals surface area (Å²) in [5.74, 6) is 2.27. The van der Waals surface area contributed by atoms with Crippen molar-refractivity contribution in [2.75, 3.05) is 5.32 Å². The third-order valence-electron chi connectivity index (χ3n) is 3.21. The molecule has 0 unspecified atom stereocenters. The van der Waals surface area contributed by atoms with Gasteiger partial charge in [0.15, 0.2) is 5.82 Å². The molecule has 0 atom stereocenters. The van der Waals surface area contributed by atoms with Gasteiger partial charge in [0.25, 0.3) is 0 Å². The first-order chi connectivity index (χ1) is 10.8. The highest BCUT2D eigenvalue weighted by atomic mass is 16.5. The van der Waals surface area contributed by atoms with Crippen LogP contribution in [0.2, 0.25) is 0 Å². The van der Waals surface area contributed by atoms with E-state index in [1.807, 2.05) is 66.3 Å². The minimum Gasteiger partial charge on any atom is -0.487 e. The molecule has 0 bridgehead atoms. The quantitative estimate of drug-likeness (QED) is 0.754. The number of anilines is 2. The average molecular weight is 294 g/mol. The van der Waals surface area contributed by atoms with Gasteiger partial charge in [0.05, 0.1) is 6.20 Å². The van der Waals surface area contributed by atoms with Crippen LogP contribution in [0.1, 0.15) is 12.5 Å². The minimum atomic E-state index is 0.538. The molecule has 3 rings (SSSR count). The van der Waals surface area contributed by atoms with E-state index in [0.717, 1.165) is 29.5 Å². The maximum Gasteiger partial charge on any atom is 0.153 e. The Morgan fingerprint density at radius 3 is 2.59 bits per heavy atom. The average Bonchev–Trinajstić information content (AvgIpc) is 3.03. The van der Waals surface area contributed by atoms with Crippen LogP contribution >= 0.6 is 0 Å². The number of rotatable bonds is 6. The molecule has 2 heterocycles. The first-order valence-corrected chi connectivity index (χ1v) is 7.27. The van der Waals surface area contributed by atoms with Gasteiger partial charge in [-0.15, -0.1) is 0 Å². The summed E-state index contributed by atoms with van der Waals surface area (Å²) in [5, 5.41) is 7.52. The van der Waals surface area contributed by atoms with Crippen LogP contribution in [0, 0.1) is 0 Å². The fourth-order valence-corrected chi connectivity index (χ4v) is 2.02. The predicted octanol–water partition coefficient (Wildman–Crippen LogP) is 3.62. The molecule has 1 N–H and O–H groups in total. The lowest BCUT2D eigenvalue weighted by Gasteiger charge is -2.07. The van der Waals surface area contributed by atoms with E-state index in [1.54, 1.807) is 6.20 Å². The molecule has 0 aliphatic rings. The highest BCUT2D eigenvalue weighted by Gasteiger charge is 2.01. The first kappa shape index (κ1) is 14.1. The molecular weight excluding hydrogens is 276 g/mol. The molecule has 0 aliphatic carbocycles. The molecule has 0 amide bonds. The SMILES string of the molecule is CCn1ccc(Nc2ccc(OCc3ccccc3)cn2)n1. The zero-order valence-electron chi connectivity index (χ0n) is 12.4. The Labute approximate surface area is 129 Å². The highest BCUT2D eigenvalue weighted by Crippen LogP contribution is 2.17. The number of hydrogen-bond donors (Lipinski definition) is 1. The molecular formula is C17H18N4O. The number of pyridine rings is 1. The van der Waals surface area contributed by atoms with Crippen LogP contribution in [0.25, 0.3) is 0 Å². The Morgan fingerprint density at radius 1 is 1.05 bits per heavy atom. The molecule has 0 aliphatic heterocycles. The summed E-state index contributed by atoms with van der Waals surface area (Å²) >= 11 is 0. The van der Waals surface area contributed by atoms with Crippen LogP contribution in [-0.4, -0.2) is 14.8 Å². The molecule has 0 radical (unpaired) electrons. The van der Waals surface area contributed by atoms with E-state index in [9.17, 15) is 0 Å². The zero-order chi connectivity index (χ0) is 15.2. The lowest BCUT2D eigenvalue weighted by Crippen LogP contribution is -1.99. The largest absolute Gasteiger partial charge is 0.487 e. The van der Waals surface area contributed by atoms with E-state index >= 15 is 0 Å². The summed E-state index contributed by atoms with van der Waals surface area (Å²) in [4.78, 5) is 4.34. The number of aromatic nitrogens is 3. The molecule has 0 saturated heterocycles. The maximum absolute atomic E-state index is 5.71. The summed E-state index contributed by atoms with van der Waals surface area (Å²) in [6, 6.07) is 15.8. The van der Waals surface area contributed by atoms with Crippen molar-refractivity contribution in [2.45, 2.75) is 20.1 Å². The van der Waals surface area contributed by atoms with E-state index in [4.69, 9.17) is 4.74 Å². The Balaban J connectivity index is 1.58. The number of benzene rings is 1. The summed E-state index contributed by atoms with van der Waals surface area (Å²) < 4.78 is 7.57. The smallest absolute Gasteiger partial charge is 0.153 e. The van der Waals surface area contributed by atoms with E-state index in [2.05, 4.69) is 15.4 Å². The Bertz CT molecular complexity index is 707. The normalized spacial score (nSPS) is 10.4. The molecule has 2 aromatic heterocycles. The molecule has 0 saturated carbocycles. The summed E-state index contributed by atoms with van der Waals surface area (Å²) in [6.45, 7) is 3.44. The van der Waals surface area contributed by atoms with Crippen molar-refractivity contribution in [2.24, 2.45) is 0 Å². The summed E-state index contributed by atoms with van der Waals surface area (Å²) in [5.41, 5.74) is 1.13. The molecule has 0 spiro atoms. The van der Waals surface area contributed by atoms with Gasteiger partial charge in [-0.25, -0.2) is 4.98 Å². The molecule has 112 valence electrons. The molecule has 0 fully saturated rings. The third kappa shape index (κ3) is 3.63. The second-order valence-electron chi connectivity index (χ2n) is 4.84. The second-order valence-corrected chi connectivity index (χ2v) is 4.84. The Morgan fingerprint density at radius 2 is 1.91 bits per heavy atom. The van der Waals surface area contributed by atoms with Gasteiger partial charge >= 0.3 is 0 Å². The number of hydrogen-bond acceptors (Lipinski definition) is 4. The van der Waals surface area contributed by atoms with Gasteiger partial charge in [0, 0.05) is 18.8 Å². The topological polar surface area (TPSA) is 52.0 Å². The minimum absolute atomic E-state index is 0.538. The van der Waals surface area contributed by atoms with E-state index in [-0.39, 0.29) is 0 Å². The van der Waals surface area contributed by atoms with Crippen LogP contribution in [0.4, 0.5) is 11.6 Å². The van der Waals surface area contributed by atoms with Crippen molar-refractivity contribution in [3.05, 3.63) is 66.5 Å². The van der Waals surface area contributed by atoms with Gasteiger partial charge in [-0.2, -0.15) is 5.10 Å². The lowest BCUT2D eigenvalue weighted by molar-refractivity contribution is 0.305. The van der Waals surface area contributed by atoms with Gasteiger partial charge < -0.3 is 10.1 Å². The third-order valence-corrected chi connectivity index (χ3v) is 3.21. The fourth-order valence-electron chi connectivity index (χ4n) is 2.02. The van der Waals surface area contributed by atoms with E-state index in [1.165, 1.54) is 0 Å². The van der Waals surface area contributed by atoms with Crippen LogP contribution < -0.4 is 10.1 Å². The van der Waals surface area contributed by atoms with Crippen molar-refractivity contribution in [1.82, 2.24) is 14.8 Å². The van der Waals surface area contributed by atoms with Crippen molar-refractivity contribution in [3.8, 4) is 5.75 Å². The number of ether oxygens (including phenoxy) is 1. The van der Waals surface area contributed by atoms with Crippen molar-refractivity contribution >= 4 is 11.6 Å². The monoisotopic (exact) mass is 294 g/mol. The number of nitrogens with one attached hydrogen (secondary N) is 1. The first-order valence-electron chi connectivity index (χ1n) is 7.27. The zero-order valence-corrected chi connectivity index (χ0v) is 12.4. The van der Waals surface area contributed by atoms with Gasteiger partial charge in [-0.1, -0.05) is 30.3 Å². The van der Waals surface area contributed by atoms with Crippen molar-refractivity contribution in [3.63, 3.8) is 0 Å². The van der Waals surface area contributed by atoms with Crippen LogP contribution in [-0.2, 0) is 13.2 Å². The van der Waals surface area contributed by atoms with Crippen molar-refractivity contribution in [1.29, 1.82) is 0 Å². The van der Waals surface area contributed by atoms with Gasteiger partial charge in [0.2, 0.25) is 0 Å². The second kappa shape index (κ2) is 6.76. The molecule has 22 heavy (non-hydrogen) atoms. The van der Waals surface area contributed by atoms with Gasteiger partial charge in [-0.05, 0) is 24.6 Å². The van der Waals surface area contributed by atoms with Gasteiger partial charge in [0.1, 0.15) is 18.2 Å². The number of nitrogens with zero attached hydrogens (tertiary/aromatic N) is 3. The Kier molecular flexibility index (Phi) is 4.34. The van der Waals surface area contributed by atoms with Crippen LogP contribution in [0.5, 0.6) is 5.75 Å². The van der Waals surface area contributed by atoms with Crippen LogP contribution in [0.15, 0.2) is 60.9 Å². The molecule has 5 heteroatoms. The molecule has 5 nitrogen and oxygen atoms in total.